The number of aliphatic hydroxyl groups is 1. The van der Waals surface area contributed by atoms with Crippen LogP contribution in [-0.4, -0.2) is 55.7 Å². The number of aliphatic hydroxyl groups excluding tert-OH is 1. The predicted molar refractivity (Wildman–Crippen MR) is 143 cm³/mol. The molecule has 1 atom stereocenters. The number of aryl methyl sites for hydroxylation is 1. The number of benzene rings is 3. The van der Waals surface area contributed by atoms with E-state index in [9.17, 15) is 23.4 Å². The molecular weight excluding hydrogens is 520 g/mol. The molecule has 0 heterocycles. The first-order valence-electron chi connectivity index (χ1n) is 11.4. The standard InChI is InChI=1S/C26H29ClN2O7S/c1-37(34,35)29-23-14-19(7-10-24(23)30)25(31)16-28-12-13-36-20-8-9-21(22(27)15-20)18-5-2-17(3-6-18)4-11-26(32)33/h2-3,5-10,14-15,25,28-31H,4,11-13,16H2,1H3,(H,32,33)/t25-/m0/s1. The van der Waals surface area contributed by atoms with Crippen molar-refractivity contribution < 1.29 is 33.3 Å². The van der Waals surface area contributed by atoms with Gasteiger partial charge in [-0.1, -0.05) is 41.9 Å². The number of ether oxygens (including phenoxy) is 1. The minimum atomic E-state index is -3.57. The summed E-state index contributed by atoms with van der Waals surface area (Å²) in [6.45, 7) is 0.937. The van der Waals surface area contributed by atoms with Crippen LogP contribution >= 0.6 is 11.6 Å². The molecule has 0 unspecified atom stereocenters. The quantitative estimate of drug-likeness (QED) is 0.160. The fraction of sp³-hybridized carbons (Fsp3) is 0.269. The number of hydrogen-bond donors (Lipinski definition) is 5. The molecule has 0 amide bonds. The number of phenols is 1. The van der Waals surface area contributed by atoms with E-state index in [4.69, 9.17) is 21.4 Å². The minimum Gasteiger partial charge on any atom is -0.506 e. The van der Waals surface area contributed by atoms with Crippen molar-refractivity contribution >= 4 is 33.3 Å². The summed E-state index contributed by atoms with van der Waals surface area (Å²) < 4.78 is 30.8. The van der Waals surface area contributed by atoms with Crippen LogP contribution in [0.2, 0.25) is 5.02 Å². The van der Waals surface area contributed by atoms with Crippen molar-refractivity contribution in [3.05, 3.63) is 76.8 Å². The van der Waals surface area contributed by atoms with E-state index < -0.39 is 22.1 Å². The Balaban J connectivity index is 1.47. The van der Waals surface area contributed by atoms with Crippen LogP contribution in [0.5, 0.6) is 11.5 Å². The van der Waals surface area contributed by atoms with Crippen molar-refractivity contribution in [2.45, 2.75) is 18.9 Å². The molecule has 198 valence electrons. The summed E-state index contributed by atoms with van der Waals surface area (Å²) in [7, 11) is -3.57. The Morgan fingerprint density at radius 3 is 2.46 bits per heavy atom. The number of halogens is 1. The Morgan fingerprint density at radius 1 is 1.08 bits per heavy atom. The number of anilines is 1. The highest BCUT2D eigenvalue weighted by molar-refractivity contribution is 7.92. The average Bonchev–Trinajstić information content (AvgIpc) is 2.83. The van der Waals surface area contributed by atoms with Crippen LogP contribution in [0.25, 0.3) is 11.1 Å². The lowest BCUT2D eigenvalue weighted by molar-refractivity contribution is -0.136. The number of aliphatic carboxylic acids is 1. The smallest absolute Gasteiger partial charge is 0.303 e. The van der Waals surface area contributed by atoms with E-state index in [1.807, 2.05) is 30.3 Å². The van der Waals surface area contributed by atoms with Gasteiger partial charge in [-0.15, -0.1) is 0 Å². The molecule has 0 aliphatic rings. The van der Waals surface area contributed by atoms with E-state index in [1.165, 1.54) is 18.2 Å². The highest BCUT2D eigenvalue weighted by atomic mass is 35.5. The first-order chi connectivity index (χ1) is 17.5. The van der Waals surface area contributed by atoms with Crippen LogP contribution in [0.15, 0.2) is 60.7 Å². The first kappa shape index (κ1) is 28.3. The largest absolute Gasteiger partial charge is 0.506 e. The number of rotatable bonds is 13. The lowest BCUT2D eigenvalue weighted by Crippen LogP contribution is -2.26. The molecule has 9 nitrogen and oxygen atoms in total. The molecular formula is C26H29ClN2O7S. The van der Waals surface area contributed by atoms with Crippen molar-refractivity contribution in [1.29, 1.82) is 0 Å². The molecule has 0 saturated heterocycles. The number of carbonyl (C=O) groups is 1. The van der Waals surface area contributed by atoms with E-state index in [-0.39, 0.29) is 24.4 Å². The Hall–Kier alpha value is -3.31. The van der Waals surface area contributed by atoms with Gasteiger partial charge in [0.1, 0.15) is 18.1 Å². The first-order valence-corrected chi connectivity index (χ1v) is 13.7. The molecule has 5 N–H and O–H groups in total. The monoisotopic (exact) mass is 548 g/mol. The molecule has 0 radical (unpaired) electrons. The Kier molecular flexibility index (Phi) is 9.76. The maximum atomic E-state index is 11.4. The zero-order valence-electron chi connectivity index (χ0n) is 20.1. The number of aromatic hydroxyl groups is 1. The van der Waals surface area contributed by atoms with Crippen LogP contribution in [0.4, 0.5) is 5.69 Å². The molecule has 0 saturated carbocycles. The average molecular weight is 549 g/mol. The van der Waals surface area contributed by atoms with Gasteiger partial charge in [0, 0.05) is 25.1 Å². The summed E-state index contributed by atoms with van der Waals surface area (Å²) in [5, 5.41) is 32.6. The Labute approximate surface area is 220 Å². The lowest BCUT2D eigenvalue weighted by Gasteiger charge is -2.15. The zero-order chi connectivity index (χ0) is 27.0. The number of hydrogen-bond acceptors (Lipinski definition) is 7. The van der Waals surface area contributed by atoms with Crippen LogP contribution in [-0.2, 0) is 21.2 Å². The number of carboxylic acids is 1. The fourth-order valence-electron chi connectivity index (χ4n) is 3.56. The maximum Gasteiger partial charge on any atom is 0.303 e. The van der Waals surface area contributed by atoms with Crippen molar-refractivity contribution in [2.75, 3.05) is 30.7 Å². The second kappa shape index (κ2) is 12.8. The van der Waals surface area contributed by atoms with Crippen LogP contribution in [0, 0.1) is 0 Å². The third kappa shape index (κ3) is 8.94. The van der Waals surface area contributed by atoms with Gasteiger partial charge in [-0.3, -0.25) is 9.52 Å². The van der Waals surface area contributed by atoms with Gasteiger partial charge in [0.2, 0.25) is 10.0 Å². The van der Waals surface area contributed by atoms with Gasteiger partial charge in [0.25, 0.3) is 0 Å². The third-order valence-corrected chi connectivity index (χ3v) is 6.32. The SMILES string of the molecule is CS(=O)(=O)Nc1cc([C@@H](O)CNCCOc2ccc(-c3ccc(CCC(=O)O)cc3)c(Cl)c2)ccc1O. The lowest BCUT2D eigenvalue weighted by atomic mass is 10.0. The van der Waals surface area contributed by atoms with Gasteiger partial charge in [-0.05, 0) is 53.4 Å². The molecule has 3 aromatic rings. The summed E-state index contributed by atoms with van der Waals surface area (Å²) >= 11 is 6.45. The molecule has 37 heavy (non-hydrogen) atoms. The van der Waals surface area contributed by atoms with Crippen molar-refractivity contribution in [2.24, 2.45) is 0 Å². The molecule has 0 aliphatic heterocycles. The maximum absolute atomic E-state index is 11.4. The normalized spacial score (nSPS) is 12.2. The molecule has 3 rings (SSSR count). The Morgan fingerprint density at radius 2 is 1.81 bits per heavy atom. The van der Waals surface area contributed by atoms with Crippen molar-refractivity contribution in [3.8, 4) is 22.6 Å². The minimum absolute atomic E-state index is 0.00293. The van der Waals surface area contributed by atoms with E-state index in [1.54, 1.807) is 12.1 Å². The van der Waals surface area contributed by atoms with Crippen LogP contribution in [0.1, 0.15) is 23.7 Å². The molecule has 0 spiro atoms. The highest BCUT2D eigenvalue weighted by Gasteiger charge is 2.13. The van der Waals surface area contributed by atoms with Gasteiger partial charge < -0.3 is 25.4 Å². The predicted octanol–water partition coefficient (Wildman–Crippen LogP) is 3.80. The molecule has 0 aromatic heterocycles. The number of phenolic OH excluding ortho intramolecular Hbond substituents is 1. The van der Waals surface area contributed by atoms with Crippen molar-refractivity contribution in [1.82, 2.24) is 5.32 Å². The topological polar surface area (TPSA) is 145 Å². The molecule has 3 aromatic carbocycles. The molecule has 0 aliphatic carbocycles. The van der Waals surface area contributed by atoms with Crippen molar-refractivity contribution in [3.63, 3.8) is 0 Å². The number of sulfonamides is 1. The number of carboxylic acid groups (broad SMARTS) is 1. The number of nitrogens with one attached hydrogen (secondary N) is 2. The summed E-state index contributed by atoms with van der Waals surface area (Å²) in [6.07, 6.45) is 0.601. The van der Waals surface area contributed by atoms with E-state index >= 15 is 0 Å². The molecule has 11 heteroatoms. The van der Waals surface area contributed by atoms with Gasteiger partial charge >= 0.3 is 5.97 Å². The van der Waals surface area contributed by atoms with Gasteiger partial charge in [0.15, 0.2) is 0 Å². The van der Waals surface area contributed by atoms with Gasteiger partial charge in [0.05, 0.1) is 23.1 Å². The second-order valence-electron chi connectivity index (χ2n) is 8.45. The van der Waals surface area contributed by atoms with Gasteiger partial charge in [-0.2, -0.15) is 0 Å². The fourth-order valence-corrected chi connectivity index (χ4v) is 4.40. The second-order valence-corrected chi connectivity index (χ2v) is 10.6. The van der Waals surface area contributed by atoms with Gasteiger partial charge in [-0.25, -0.2) is 8.42 Å². The molecule has 0 fully saturated rings. The summed E-state index contributed by atoms with van der Waals surface area (Å²) in [4.78, 5) is 10.7. The summed E-state index contributed by atoms with van der Waals surface area (Å²) in [5.74, 6) is -0.478. The van der Waals surface area contributed by atoms with E-state index in [0.29, 0.717) is 35.9 Å². The summed E-state index contributed by atoms with van der Waals surface area (Å²) in [5.41, 5.74) is 3.12. The highest BCUT2D eigenvalue weighted by Crippen LogP contribution is 2.31. The van der Waals surface area contributed by atoms with E-state index in [0.717, 1.165) is 22.9 Å². The van der Waals surface area contributed by atoms with E-state index in [2.05, 4.69) is 10.0 Å². The zero-order valence-corrected chi connectivity index (χ0v) is 21.7. The Bertz CT molecular complexity index is 1330. The summed E-state index contributed by atoms with van der Waals surface area (Å²) in [6, 6.07) is 17.2. The third-order valence-electron chi connectivity index (χ3n) is 5.42. The molecule has 0 bridgehead atoms. The van der Waals surface area contributed by atoms with Crippen LogP contribution in [0.3, 0.4) is 0 Å². The van der Waals surface area contributed by atoms with Crippen LogP contribution < -0.4 is 14.8 Å².